The molecule has 1 aliphatic rings. The molecule has 0 bridgehead atoms. The Morgan fingerprint density at radius 2 is 1.87 bits per heavy atom. The van der Waals surface area contributed by atoms with Crippen LogP contribution in [0.15, 0.2) is 53.7 Å². The van der Waals surface area contributed by atoms with Gasteiger partial charge >= 0.3 is 0 Å². The largest absolute Gasteiger partial charge is 0.364 e. The molecule has 3 aromatic rings. The third-order valence-corrected chi connectivity index (χ3v) is 6.40. The van der Waals surface area contributed by atoms with Crippen LogP contribution in [0.2, 0.25) is 0 Å². The molecule has 158 valence electrons. The molecule has 0 aliphatic heterocycles. The van der Waals surface area contributed by atoms with Gasteiger partial charge in [-0.3, -0.25) is 9.40 Å². The lowest BCUT2D eigenvalue weighted by molar-refractivity contribution is 0.463. The zero-order valence-electron chi connectivity index (χ0n) is 16.1. The fraction of sp³-hybridized carbons (Fsp3) is 0.300. The van der Waals surface area contributed by atoms with Crippen molar-refractivity contribution in [3.05, 3.63) is 66.1 Å². The van der Waals surface area contributed by atoms with Crippen LogP contribution in [0.1, 0.15) is 37.4 Å². The van der Waals surface area contributed by atoms with E-state index in [1.54, 1.807) is 0 Å². The van der Waals surface area contributed by atoms with Gasteiger partial charge in [0, 0.05) is 18.5 Å². The van der Waals surface area contributed by atoms with Crippen LogP contribution in [0, 0.1) is 11.6 Å². The molecule has 2 N–H and O–H groups in total. The maximum absolute atomic E-state index is 13.3. The zero-order chi connectivity index (χ0) is 21.1. The van der Waals surface area contributed by atoms with Gasteiger partial charge in [0.05, 0.1) is 24.0 Å². The number of hydrogen-bond donors (Lipinski definition) is 2. The summed E-state index contributed by atoms with van der Waals surface area (Å²) in [6.07, 6.45) is 7.97. The average Bonchev–Trinajstić information content (AvgIpc) is 3.41. The molecule has 7 nitrogen and oxygen atoms in total. The summed E-state index contributed by atoms with van der Waals surface area (Å²) < 4.78 is 55.3. The highest BCUT2D eigenvalue weighted by molar-refractivity contribution is 7.92. The number of nitrogens with one attached hydrogen (secondary N) is 2. The molecule has 1 aliphatic carbocycles. The first kappa shape index (κ1) is 20.3. The number of halogens is 2. The monoisotopic (exact) mass is 433 g/mol. The van der Waals surface area contributed by atoms with E-state index < -0.39 is 21.7 Å². The lowest BCUT2D eigenvalue weighted by Crippen LogP contribution is -2.14. The molecule has 0 amide bonds. The van der Waals surface area contributed by atoms with Crippen LogP contribution in [0.25, 0.3) is 0 Å². The Bertz CT molecular complexity index is 1130. The number of nitrogens with zero attached hydrogens (tertiary/aromatic N) is 3. The maximum Gasteiger partial charge on any atom is 0.263 e. The highest BCUT2D eigenvalue weighted by Crippen LogP contribution is 2.28. The molecule has 0 spiro atoms. The van der Waals surface area contributed by atoms with Crippen molar-refractivity contribution >= 4 is 21.5 Å². The van der Waals surface area contributed by atoms with Crippen LogP contribution in [-0.2, 0) is 16.6 Å². The molecule has 30 heavy (non-hydrogen) atoms. The zero-order valence-corrected chi connectivity index (χ0v) is 16.9. The number of hydrogen-bond acceptors (Lipinski definition) is 5. The molecular weight excluding hydrogens is 412 g/mol. The van der Waals surface area contributed by atoms with E-state index in [9.17, 15) is 17.2 Å². The first-order valence-electron chi connectivity index (χ1n) is 9.62. The topological polar surface area (TPSA) is 88.9 Å². The van der Waals surface area contributed by atoms with Crippen molar-refractivity contribution in [2.75, 3.05) is 10.0 Å². The number of aromatic nitrogens is 3. The third kappa shape index (κ3) is 4.59. The Morgan fingerprint density at radius 3 is 2.57 bits per heavy atom. The molecule has 0 radical (unpaired) electrons. The second kappa shape index (κ2) is 8.39. The van der Waals surface area contributed by atoms with Crippen molar-refractivity contribution in [3.8, 4) is 0 Å². The molecule has 0 atom stereocenters. The van der Waals surface area contributed by atoms with Crippen molar-refractivity contribution < 1.29 is 17.2 Å². The molecule has 1 aromatic carbocycles. The minimum absolute atomic E-state index is 0.0750. The number of rotatable bonds is 7. The van der Waals surface area contributed by atoms with E-state index in [-0.39, 0.29) is 10.6 Å². The van der Waals surface area contributed by atoms with E-state index in [1.807, 2.05) is 16.9 Å². The molecule has 1 fully saturated rings. The van der Waals surface area contributed by atoms with E-state index in [1.165, 1.54) is 31.2 Å². The van der Waals surface area contributed by atoms with Crippen LogP contribution in [0.3, 0.4) is 0 Å². The van der Waals surface area contributed by atoms with Gasteiger partial charge in [-0.15, -0.1) is 0 Å². The summed E-state index contributed by atoms with van der Waals surface area (Å²) in [6, 6.07) is 8.12. The predicted molar refractivity (Wildman–Crippen MR) is 108 cm³/mol. The van der Waals surface area contributed by atoms with E-state index in [2.05, 4.69) is 20.1 Å². The number of anilines is 2. The van der Waals surface area contributed by atoms with Crippen molar-refractivity contribution in [1.82, 2.24) is 14.8 Å². The minimum Gasteiger partial charge on any atom is -0.364 e. The second-order valence-electron chi connectivity index (χ2n) is 7.19. The summed E-state index contributed by atoms with van der Waals surface area (Å²) in [5, 5.41) is 7.70. The number of benzene rings is 1. The van der Waals surface area contributed by atoms with E-state index in [4.69, 9.17) is 0 Å². The number of sulfonamides is 1. The van der Waals surface area contributed by atoms with Crippen LogP contribution in [0.4, 0.5) is 20.3 Å². The van der Waals surface area contributed by atoms with Crippen molar-refractivity contribution in [2.45, 2.75) is 43.2 Å². The highest BCUT2D eigenvalue weighted by atomic mass is 32.2. The van der Waals surface area contributed by atoms with E-state index >= 15 is 0 Å². The van der Waals surface area contributed by atoms with Gasteiger partial charge in [0.15, 0.2) is 11.6 Å². The Balaban J connectivity index is 1.37. The van der Waals surface area contributed by atoms with Gasteiger partial charge in [0.25, 0.3) is 10.0 Å². The third-order valence-electron chi connectivity index (χ3n) is 5.03. The summed E-state index contributed by atoms with van der Waals surface area (Å²) in [4.78, 5) is 4.02. The van der Waals surface area contributed by atoms with Crippen molar-refractivity contribution in [3.63, 3.8) is 0 Å². The molecule has 4 rings (SSSR count). The molecule has 2 heterocycles. The van der Waals surface area contributed by atoms with Crippen LogP contribution >= 0.6 is 0 Å². The van der Waals surface area contributed by atoms with Crippen molar-refractivity contribution in [2.24, 2.45) is 0 Å². The summed E-state index contributed by atoms with van der Waals surface area (Å²) in [6.45, 7) is 0.464. The fourth-order valence-electron chi connectivity index (χ4n) is 3.44. The van der Waals surface area contributed by atoms with Crippen LogP contribution in [-0.4, -0.2) is 23.2 Å². The quantitative estimate of drug-likeness (QED) is 0.586. The van der Waals surface area contributed by atoms with Crippen LogP contribution in [0.5, 0.6) is 0 Å². The van der Waals surface area contributed by atoms with Gasteiger partial charge in [-0.05, 0) is 43.2 Å². The second-order valence-corrected chi connectivity index (χ2v) is 8.87. The Kier molecular flexibility index (Phi) is 5.67. The van der Waals surface area contributed by atoms with Gasteiger partial charge in [0.2, 0.25) is 0 Å². The maximum atomic E-state index is 13.3. The van der Waals surface area contributed by atoms with Crippen LogP contribution < -0.4 is 10.0 Å². The normalized spacial score (nSPS) is 14.7. The number of pyridine rings is 1. The first-order chi connectivity index (χ1) is 14.4. The Labute approximate surface area is 173 Å². The molecular formula is C20H21F2N5O2S. The summed E-state index contributed by atoms with van der Waals surface area (Å²) in [5.74, 6) is -1.69. The molecule has 0 unspecified atom stereocenters. The lowest BCUT2D eigenvalue weighted by atomic mass is 10.3. The van der Waals surface area contributed by atoms with Gasteiger partial charge < -0.3 is 5.32 Å². The lowest BCUT2D eigenvalue weighted by Gasteiger charge is -2.10. The molecule has 10 heteroatoms. The van der Waals surface area contributed by atoms with Gasteiger partial charge in [-0.2, -0.15) is 5.10 Å². The fourth-order valence-corrected chi connectivity index (χ4v) is 4.44. The minimum atomic E-state index is -3.98. The smallest absolute Gasteiger partial charge is 0.263 e. The van der Waals surface area contributed by atoms with E-state index in [0.717, 1.165) is 36.7 Å². The average molecular weight is 433 g/mol. The standard InChI is InChI=1S/C20H21F2N5O2S/c21-18-7-5-14(11-19(18)22)26-30(28,29)17-6-8-20(24-13-17)23-12-15-9-10-27(25-15)16-3-1-2-4-16/h5-11,13,16,26H,1-4,12H2,(H,23,24). The van der Waals surface area contributed by atoms with Crippen molar-refractivity contribution in [1.29, 1.82) is 0 Å². The highest BCUT2D eigenvalue weighted by Gasteiger charge is 2.18. The van der Waals surface area contributed by atoms with Gasteiger partial charge in [-0.25, -0.2) is 22.2 Å². The first-order valence-corrected chi connectivity index (χ1v) is 11.1. The molecule has 2 aromatic heterocycles. The van der Waals surface area contributed by atoms with Gasteiger partial charge in [-0.1, -0.05) is 12.8 Å². The van der Waals surface area contributed by atoms with Gasteiger partial charge in [0.1, 0.15) is 10.7 Å². The summed E-state index contributed by atoms with van der Waals surface area (Å²) >= 11 is 0. The Hall–Kier alpha value is -3.01. The Morgan fingerprint density at radius 1 is 1.07 bits per heavy atom. The molecule has 0 saturated heterocycles. The van der Waals surface area contributed by atoms with E-state index in [0.29, 0.717) is 18.4 Å². The predicted octanol–water partition coefficient (Wildman–Crippen LogP) is 4.08. The summed E-state index contributed by atoms with van der Waals surface area (Å²) in [5.41, 5.74) is 0.800. The molecule has 1 saturated carbocycles. The SMILES string of the molecule is O=S(=O)(Nc1ccc(F)c(F)c1)c1ccc(NCc2ccn(C3CCCC3)n2)nc1. The summed E-state index contributed by atoms with van der Waals surface area (Å²) in [7, 11) is -3.98.